The zero-order valence-corrected chi connectivity index (χ0v) is 16.5. The van der Waals surface area contributed by atoms with Crippen LogP contribution in [-0.2, 0) is 4.74 Å². The second-order valence-corrected chi connectivity index (χ2v) is 6.62. The van der Waals surface area contributed by atoms with Gasteiger partial charge in [-0.15, -0.1) is 5.11 Å². The maximum atomic E-state index is 12.2. The minimum Gasteiger partial charge on any atom is -0.493 e. The number of hydrogen-bond acceptors (Lipinski definition) is 7. The highest BCUT2D eigenvalue weighted by atomic mass is 16.5. The highest BCUT2D eigenvalue weighted by Gasteiger charge is 2.12. The molecule has 29 heavy (non-hydrogen) atoms. The number of carbonyl (C=O) groups is 1. The standard InChI is InChI=1S/C21H24N4O4/c1-3-5-6-14(4-2)13-29-21(28)15-7-9-17(10-8-15)24-25-18-11-16(12-22)19(26)23-20(18)27/h7-11,14H,3-6,13H2,1-2H3,(H2,23,26,27)/b25-24+. The van der Waals surface area contributed by atoms with E-state index >= 15 is 0 Å². The predicted octanol–water partition coefficient (Wildman–Crippen LogP) is 4.74. The topological polar surface area (TPSA) is 128 Å². The van der Waals surface area contributed by atoms with Gasteiger partial charge in [0, 0.05) is 0 Å². The van der Waals surface area contributed by atoms with Crippen molar-refractivity contribution in [3.05, 3.63) is 51.8 Å². The molecule has 2 rings (SSSR count). The molecule has 1 aromatic heterocycles. The van der Waals surface area contributed by atoms with Crippen LogP contribution in [0.25, 0.3) is 0 Å². The lowest BCUT2D eigenvalue weighted by Crippen LogP contribution is -2.13. The maximum Gasteiger partial charge on any atom is 0.338 e. The minimum absolute atomic E-state index is 0.0395. The summed E-state index contributed by atoms with van der Waals surface area (Å²) in [5.74, 6) is -0.498. The molecule has 0 fully saturated rings. The largest absolute Gasteiger partial charge is 0.493 e. The SMILES string of the molecule is CCCCC(CC)COC(=O)c1ccc(/N=N/c2cc(C#N)c(=O)[nH]c2O)cc1. The lowest BCUT2D eigenvalue weighted by Gasteiger charge is -2.14. The second-order valence-electron chi connectivity index (χ2n) is 6.62. The zero-order valence-electron chi connectivity index (χ0n) is 16.5. The van der Waals surface area contributed by atoms with E-state index < -0.39 is 11.4 Å². The number of azo groups is 1. The van der Waals surface area contributed by atoms with Crippen molar-refractivity contribution in [2.45, 2.75) is 39.5 Å². The fourth-order valence-electron chi connectivity index (χ4n) is 2.62. The number of ether oxygens (including phenoxy) is 1. The third-order valence-corrected chi connectivity index (χ3v) is 4.49. The summed E-state index contributed by atoms with van der Waals surface area (Å²) in [6.07, 6.45) is 4.26. The molecule has 0 amide bonds. The molecule has 0 saturated heterocycles. The lowest BCUT2D eigenvalue weighted by atomic mass is 10.0. The van der Waals surface area contributed by atoms with Gasteiger partial charge in [-0.05, 0) is 42.7 Å². The van der Waals surface area contributed by atoms with Crippen molar-refractivity contribution >= 4 is 17.3 Å². The molecule has 0 spiro atoms. The normalized spacial score (nSPS) is 11.9. The van der Waals surface area contributed by atoms with Gasteiger partial charge >= 0.3 is 5.97 Å². The van der Waals surface area contributed by atoms with Crippen LogP contribution in [0.1, 0.15) is 55.5 Å². The second kappa shape index (κ2) is 10.8. The summed E-state index contributed by atoms with van der Waals surface area (Å²) in [5, 5.41) is 26.4. The number of benzene rings is 1. The molecular weight excluding hydrogens is 372 g/mol. The number of esters is 1. The van der Waals surface area contributed by atoms with Gasteiger partial charge in [0.05, 0.1) is 17.9 Å². The van der Waals surface area contributed by atoms with Crippen LogP contribution in [0.5, 0.6) is 5.88 Å². The molecule has 152 valence electrons. The van der Waals surface area contributed by atoms with E-state index in [2.05, 4.69) is 29.1 Å². The molecule has 1 heterocycles. The summed E-state index contributed by atoms with van der Waals surface area (Å²) in [6.45, 7) is 4.63. The average Bonchev–Trinajstić information content (AvgIpc) is 2.73. The van der Waals surface area contributed by atoms with Crippen molar-refractivity contribution in [3.8, 4) is 11.9 Å². The van der Waals surface area contributed by atoms with E-state index in [9.17, 15) is 14.7 Å². The van der Waals surface area contributed by atoms with Crippen molar-refractivity contribution in [3.63, 3.8) is 0 Å². The predicted molar refractivity (Wildman–Crippen MR) is 108 cm³/mol. The number of pyridine rings is 1. The Balaban J connectivity index is 2.01. The molecule has 1 atom stereocenters. The summed E-state index contributed by atoms with van der Waals surface area (Å²) in [7, 11) is 0. The zero-order chi connectivity index (χ0) is 21.2. The Morgan fingerprint density at radius 3 is 2.62 bits per heavy atom. The minimum atomic E-state index is -0.702. The summed E-state index contributed by atoms with van der Waals surface area (Å²) < 4.78 is 5.41. The van der Waals surface area contributed by atoms with Gasteiger partial charge in [-0.1, -0.05) is 33.1 Å². The van der Waals surface area contributed by atoms with Crippen LogP contribution in [0.2, 0.25) is 0 Å². The van der Waals surface area contributed by atoms with Crippen LogP contribution in [0.15, 0.2) is 45.4 Å². The van der Waals surface area contributed by atoms with Crippen LogP contribution in [0.3, 0.4) is 0 Å². The maximum absolute atomic E-state index is 12.2. The number of H-pyrrole nitrogens is 1. The number of nitriles is 1. The molecular formula is C21H24N4O4. The van der Waals surface area contributed by atoms with E-state index in [1.807, 2.05) is 0 Å². The number of aromatic nitrogens is 1. The fourth-order valence-corrected chi connectivity index (χ4v) is 2.62. The number of carbonyl (C=O) groups excluding carboxylic acids is 1. The van der Waals surface area contributed by atoms with Crippen LogP contribution >= 0.6 is 0 Å². The molecule has 0 aliphatic heterocycles. The highest BCUT2D eigenvalue weighted by Crippen LogP contribution is 2.25. The summed E-state index contributed by atoms with van der Waals surface area (Å²) in [5.41, 5.74) is -0.0821. The van der Waals surface area contributed by atoms with E-state index in [0.29, 0.717) is 23.8 Å². The lowest BCUT2D eigenvalue weighted by molar-refractivity contribution is 0.0428. The summed E-state index contributed by atoms with van der Waals surface area (Å²) >= 11 is 0. The van der Waals surface area contributed by atoms with Crippen LogP contribution < -0.4 is 5.56 Å². The number of unbranched alkanes of at least 4 members (excludes halogenated alkanes) is 1. The number of nitrogens with one attached hydrogen (secondary N) is 1. The van der Waals surface area contributed by atoms with Crippen molar-refractivity contribution in [2.75, 3.05) is 6.61 Å². The Morgan fingerprint density at radius 1 is 1.28 bits per heavy atom. The van der Waals surface area contributed by atoms with Gasteiger partial charge in [0.2, 0.25) is 5.88 Å². The molecule has 0 aliphatic carbocycles. The first-order chi connectivity index (χ1) is 14.0. The Hall–Kier alpha value is -3.47. The van der Waals surface area contributed by atoms with E-state index in [-0.39, 0.29) is 17.2 Å². The highest BCUT2D eigenvalue weighted by molar-refractivity contribution is 5.89. The van der Waals surface area contributed by atoms with Gasteiger partial charge in [0.1, 0.15) is 17.3 Å². The first-order valence-corrected chi connectivity index (χ1v) is 9.53. The number of hydrogen-bond donors (Lipinski definition) is 2. The molecule has 1 aromatic carbocycles. The van der Waals surface area contributed by atoms with Crippen molar-refractivity contribution in [1.82, 2.24) is 4.98 Å². The quantitative estimate of drug-likeness (QED) is 0.467. The molecule has 0 bridgehead atoms. The molecule has 0 saturated carbocycles. The Kier molecular flexibility index (Phi) is 8.10. The Labute approximate surface area is 168 Å². The smallest absolute Gasteiger partial charge is 0.338 e. The molecule has 0 aliphatic rings. The Morgan fingerprint density at radius 2 is 2.00 bits per heavy atom. The number of aromatic hydroxyl groups is 1. The molecule has 1 unspecified atom stereocenters. The van der Waals surface area contributed by atoms with E-state index in [0.717, 1.165) is 31.7 Å². The number of aromatic amines is 1. The molecule has 0 radical (unpaired) electrons. The van der Waals surface area contributed by atoms with Gasteiger partial charge in [0.25, 0.3) is 5.56 Å². The van der Waals surface area contributed by atoms with Crippen molar-refractivity contribution < 1.29 is 14.6 Å². The van der Waals surface area contributed by atoms with Gasteiger partial charge in [-0.25, -0.2) is 4.79 Å². The molecule has 8 nitrogen and oxygen atoms in total. The third-order valence-electron chi connectivity index (χ3n) is 4.49. The summed E-state index contributed by atoms with van der Waals surface area (Å²) in [4.78, 5) is 25.7. The van der Waals surface area contributed by atoms with Crippen molar-refractivity contribution in [2.24, 2.45) is 16.1 Å². The first-order valence-electron chi connectivity index (χ1n) is 9.53. The molecule has 8 heteroatoms. The van der Waals surface area contributed by atoms with Crippen LogP contribution in [0, 0.1) is 17.2 Å². The van der Waals surface area contributed by atoms with Crippen molar-refractivity contribution in [1.29, 1.82) is 5.26 Å². The third kappa shape index (κ3) is 6.28. The fraction of sp³-hybridized carbons (Fsp3) is 0.381. The van der Waals surface area contributed by atoms with Gasteiger partial charge in [0.15, 0.2) is 0 Å². The van der Waals surface area contributed by atoms with E-state index in [1.165, 1.54) is 0 Å². The van der Waals surface area contributed by atoms with Crippen LogP contribution in [-0.4, -0.2) is 22.7 Å². The molecule has 2 N–H and O–H groups in total. The first kappa shape index (κ1) is 21.8. The monoisotopic (exact) mass is 396 g/mol. The number of nitrogens with zero attached hydrogens (tertiary/aromatic N) is 3. The number of rotatable bonds is 9. The van der Waals surface area contributed by atoms with E-state index in [1.54, 1.807) is 30.3 Å². The van der Waals surface area contributed by atoms with Gasteiger partial charge in [-0.2, -0.15) is 10.4 Å². The van der Waals surface area contributed by atoms with Gasteiger partial charge in [-0.3, -0.25) is 9.78 Å². The summed E-state index contributed by atoms with van der Waals surface area (Å²) in [6, 6.07) is 9.19. The van der Waals surface area contributed by atoms with E-state index in [4.69, 9.17) is 10.00 Å². The Bertz CT molecular complexity index is 958. The van der Waals surface area contributed by atoms with Crippen LogP contribution in [0.4, 0.5) is 11.4 Å². The molecule has 2 aromatic rings. The average molecular weight is 396 g/mol. The van der Waals surface area contributed by atoms with Gasteiger partial charge < -0.3 is 9.84 Å².